The van der Waals surface area contributed by atoms with E-state index in [4.69, 9.17) is 0 Å². The molecule has 0 aliphatic carbocycles. The first kappa shape index (κ1) is 14.3. The molecule has 0 bridgehead atoms. The molecule has 3 heteroatoms. The summed E-state index contributed by atoms with van der Waals surface area (Å²) in [6.45, 7) is 4.42. The van der Waals surface area contributed by atoms with Gasteiger partial charge >= 0.3 is 0 Å². The molecule has 0 unspecified atom stereocenters. The van der Waals surface area contributed by atoms with E-state index < -0.39 is 0 Å². The summed E-state index contributed by atoms with van der Waals surface area (Å²) in [7, 11) is 0. The molecule has 1 aromatic carbocycles. The Kier molecular flexibility index (Phi) is 4.81. The second kappa shape index (κ2) is 6.38. The standard InChI is InChI=1S/C16H20BrNO/c1-3-6-12(7-4-2)18-11-10-15(19)16-13(17)8-5-9-14(16)18/h5,8-12H,3-4,6-7H2,1-2H3. The molecule has 0 atom stereocenters. The van der Waals surface area contributed by atoms with Crippen molar-refractivity contribution in [3.8, 4) is 0 Å². The fourth-order valence-electron chi connectivity index (χ4n) is 2.69. The largest absolute Gasteiger partial charge is 0.344 e. The smallest absolute Gasteiger partial charge is 0.190 e. The summed E-state index contributed by atoms with van der Waals surface area (Å²) < 4.78 is 3.16. The van der Waals surface area contributed by atoms with Crippen molar-refractivity contribution >= 4 is 26.8 Å². The van der Waals surface area contributed by atoms with Crippen molar-refractivity contribution in [1.82, 2.24) is 4.57 Å². The van der Waals surface area contributed by atoms with Gasteiger partial charge in [-0.05, 0) is 40.9 Å². The molecule has 0 radical (unpaired) electrons. The fourth-order valence-corrected chi connectivity index (χ4v) is 3.24. The van der Waals surface area contributed by atoms with Gasteiger partial charge in [-0.2, -0.15) is 0 Å². The summed E-state index contributed by atoms with van der Waals surface area (Å²) in [4.78, 5) is 12.0. The Morgan fingerprint density at radius 1 is 1.16 bits per heavy atom. The topological polar surface area (TPSA) is 22.0 Å². The van der Waals surface area contributed by atoms with Crippen LogP contribution in [0.25, 0.3) is 10.9 Å². The molecule has 0 saturated heterocycles. The molecule has 0 aliphatic heterocycles. The molecule has 0 spiro atoms. The van der Waals surface area contributed by atoms with E-state index in [0.29, 0.717) is 6.04 Å². The van der Waals surface area contributed by atoms with Crippen molar-refractivity contribution in [2.75, 3.05) is 0 Å². The first-order valence-electron chi connectivity index (χ1n) is 6.98. The van der Waals surface area contributed by atoms with Gasteiger partial charge in [-0.1, -0.05) is 32.8 Å². The second-order valence-electron chi connectivity index (χ2n) is 4.95. The average Bonchev–Trinajstić information content (AvgIpc) is 2.39. The molecule has 102 valence electrons. The van der Waals surface area contributed by atoms with E-state index in [0.717, 1.165) is 41.1 Å². The van der Waals surface area contributed by atoms with Gasteiger partial charge in [0.2, 0.25) is 0 Å². The zero-order chi connectivity index (χ0) is 13.8. The highest BCUT2D eigenvalue weighted by Gasteiger charge is 2.13. The molecule has 0 N–H and O–H groups in total. The fraction of sp³-hybridized carbons (Fsp3) is 0.438. The van der Waals surface area contributed by atoms with Crippen LogP contribution in [0.2, 0.25) is 0 Å². The predicted octanol–water partition coefficient (Wildman–Crippen LogP) is 4.91. The molecule has 0 amide bonds. The van der Waals surface area contributed by atoms with E-state index in [-0.39, 0.29) is 5.43 Å². The molecule has 0 aliphatic rings. The maximum atomic E-state index is 12.0. The molecule has 1 aromatic heterocycles. The van der Waals surface area contributed by atoms with Gasteiger partial charge < -0.3 is 4.57 Å². The number of hydrogen-bond donors (Lipinski definition) is 0. The van der Waals surface area contributed by atoms with Gasteiger partial charge in [0.05, 0.1) is 10.9 Å². The van der Waals surface area contributed by atoms with Gasteiger partial charge in [-0.15, -0.1) is 0 Å². The van der Waals surface area contributed by atoms with Crippen LogP contribution in [0.1, 0.15) is 45.6 Å². The number of aromatic nitrogens is 1. The Bertz CT molecular complexity index is 612. The lowest BCUT2D eigenvalue weighted by atomic mass is 10.1. The minimum atomic E-state index is 0.0884. The van der Waals surface area contributed by atoms with E-state index in [2.05, 4.69) is 34.3 Å². The maximum absolute atomic E-state index is 12.0. The summed E-state index contributed by atoms with van der Waals surface area (Å²) in [6.07, 6.45) is 6.57. The van der Waals surface area contributed by atoms with Crippen molar-refractivity contribution in [3.05, 3.63) is 45.2 Å². The third-order valence-electron chi connectivity index (χ3n) is 3.54. The van der Waals surface area contributed by atoms with E-state index in [1.54, 1.807) is 6.07 Å². The van der Waals surface area contributed by atoms with Crippen molar-refractivity contribution in [2.24, 2.45) is 0 Å². The zero-order valence-electron chi connectivity index (χ0n) is 11.5. The molecule has 1 heterocycles. The molecule has 2 aromatic rings. The van der Waals surface area contributed by atoms with Crippen molar-refractivity contribution < 1.29 is 0 Å². The predicted molar refractivity (Wildman–Crippen MR) is 84.8 cm³/mol. The van der Waals surface area contributed by atoms with Gasteiger partial charge in [-0.3, -0.25) is 4.79 Å². The number of benzene rings is 1. The number of rotatable bonds is 5. The van der Waals surface area contributed by atoms with Crippen molar-refractivity contribution in [3.63, 3.8) is 0 Å². The number of pyridine rings is 1. The first-order chi connectivity index (χ1) is 9.19. The normalized spacial score (nSPS) is 11.4. The lowest BCUT2D eigenvalue weighted by Gasteiger charge is -2.22. The highest BCUT2D eigenvalue weighted by molar-refractivity contribution is 9.10. The average molecular weight is 322 g/mol. The van der Waals surface area contributed by atoms with Crippen LogP contribution in [0.4, 0.5) is 0 Å². The van der Waals surface area contributed by atoms with E-state index in [1.165, 1.54) is 0 Å². The van der Waals surface area contributed by atoms with Gasteiger partial charge in [0.15, 0.2) is 5.43 Å². The minimum absolute atomic E-state index is 0.0884. The summed E-state index contributed by atoms with van der Waals surface area (Å²) >= 11 is 3.50. The van der Waals surface area contributed by atoms with E-state index in [9.17, 15) is 4.79 Å². The minimum Gasteiger partial charge on any atom is -0.344 e. The SMILES string of the molecule is CCCC(CCC)n1ccc(=O)c2c(Br)cccc21. The summed E-state index contributed by atoms with van der Waals surface area (Å²) in [5, 5.41) is 0.794. The second-order valence-corrected chi connectivity index (χ2v) is 5.81. The molecule has 0 fully saturated rings. The molecule has 19 heavy (non-hydrogen) atoms. The molecular weight excluding hydrogens is 302 g/mol. The van der Waals surface area contributed by atoms with Gasteiger partial charge in [0.25, 0.3) is 0 Å². The van der Waals surface area contributed by atoms with Crippen LogP contribution in [0.5, 0.6) is 0 Å². The van der Waals surface area contributed by atoms with Crippen LogP contribution in [-0.2, 0) is 0 Å². The summed E-state index contributed by atoms with van der Waals surface area (Å²) in [6, 6.07) is 8.14. The Hall–Kier alpha value is -1.09. The number of hydrogen-bond acceptors (Lipinski definition) is 1. The molecule has 0 saturated carbocycles. The number of fused-ring (bicyclic) bond motifs is 1. The first-order valence-corrected chi connectivity index (χ1v) is 7.77. The summed E-state index contributed by atoms with van der Waals surface area (Å²) in [5.41, 5.74) is 1.12. The van der Waals surface area contributed by atoms with Gasteiger partial charge in [-0.25, -0.2) is 0 Å². The van der Waals surface area contributed by atoms with Crippen LogP contribution >= 0.6 is 15.9 Å². The quantitative estimate of drug-likeness (QED) is 0.767. The Balaban J connectivity index is 2.63. The third kappa shape index (κ3) is 2.92. The van der Waals surface area contributed by atoms with E-state index >= 15 is 0 Å². The lowest BCUT2D eigenvalue weighted by molar-refractivity contribution is 0.436. The van der Waals surface area contributed by atoms with Gasteiger partial charge in [0.1, 0.15) is 0 Å². The zero-order valence-corrected chi connectivity index (χ0v) is 13.1. The monoisotopic (exact) mass is 321 g/mol. The lowest BCUT2D eigenvalue weighted by Crippen LogP contribution is -2.14. The summed E-state index contributed by atoms with van der Waals surface area (Å²) in [5.74, 6) is 0. The van der Waals surface area contributed by atoms with Crippen molar-refractivity contribution in [2.45, 2.75) is 45.6 Å². The van der Waals surface area contributed by atoms with Gasteiger partial charge in [0, 0.05) is 22.8 Å². The molecule has 2 nitrogen and oxygen atoms in total. The van der Waals surface area contributed by atoms with Crippen LogP contribution in [0.15, 0.2) is 39.7 Å². The van der Waals surface area contributed by atoms with Crippen molar-refractivity contribution in [1.29, 1.82) is 0 Å². The Morgan fingerprint density at radius 2 is 1.84 bits per heavy atom. The van der Waals surface area contributed by atoms with Crippen LogP contribution in [-0.4, -0.2) is 4.57 Å². The number of nitrogens with zero attached hydrogens (tertiary/aromatic N) is 1. The maximum Gasteiger partial charge on any atom is 0.190 e. The number of halogens is 1. The van der Waals surface area contributed by atoms with Crippen LogP contribution in [0.3, 0.4) is 0 Å². The Morgan fingerprint density at radius 3 is 2.47 bits per heavy atom. The van der Waals surface area contributed by atoms with E-state index in [1.807, 2.05) is 24.4 Å². The molecule has 2 rings (SSSR count). The highest BCUT2D eigenvalue weighted by atomic mass is 79.9. The van der Waals surface area contributed by atoms with Crippen LogP contribution in [0, 0.1) is 0 Å². The highest BCUT2D eigenvalue weighted by Crippen LogP contribution is 2.26. The molecular formula is C16H20BrNO. The third-order valence-corrected chi connectivity index (χ3v) is 4.20. The van der Waals surface area contributed by atoms with Crippen LogP contribution < -0.4 is 5.43 Å². The Labute approximate surface area is 122 Å².